The van der Waals surface area contributed by atoms with Crippen molar-refractivity contribution in [2.75, 3.05) is 11.1 Å². The number of para-hydroxylation sites is 1. The molecule has 4 heteroatoms. The summed E-state index contributed by atoms with van der Waals surface area (Å²) < 4.78 is 0. The van der Waals surface area contributed by atoms with Crippen LogP contribution in [-0.4, -0.2) is 11.7 Å². The van der Waals surface area contributed by atoms with Gasteiger partial charge in [-0.25, -0.2) is 0 Å². The molecule has 2 rings (SSSR count). The van der Waals surface area contributed by atoms with Crippen molar-refractivity contribution in [3.8, 4) is 6.07 Å². The predicted octanol–water partition coefficient (Wildman–Crippen LogP) is 4.23. The normalized spacial score (nSPS) is 18.2. The Morgan fingerprint density at radius 1 is 1.52 bits per heavy atom. The summed E-state index contributed by atoms with van der Waals surface area (Å²) in [5.74, 6) is 1.17. The molecular formula is C17H20N2OS. The Morgan fingerprint density at radius 3 is 3.05 bits per heavy atom. The fraction of sp³-hybridized carbons (Fsp3) is 0.412. The molecule has 1 aromatic carbocycles. The van der Waals surface area contributed by atoms with Crippen LogP contribution in [0.2, 0.25) is 0 Å². The van der Waals surface area contributed by atoms with Crippen molar-refractivity contribution in [1.29, 1.82) is 5.26 Å². The molecule has 0 aliphatic heterocycles. The highest BCUT2D eigenvalue weighted by Crippen LogP contribution is 2.29. The van der Waals surface area contributed by atoms with E-state index in [4.69, 9.17) is 5.26 Å². The minimum absolute atomic E-state index is 0.00221. The monoisotopic (exact) mass is 300 g/mol. The number of hydrogen-bond donors (Lipinski definition) is 1. The van der Waals surface area contributed by atoms with E-state index < -0.39 is 0 Å². The summed E-state index contributed by atoms with van der Waals surface area (Å²) in [6.45, 7) is 1.90. The zero-order valence-corrected chi connectivity index (χ0v) is 13.0. The fourth-order valence-corrected chi connectivity index (χ4v) is 3.21. The Labute approximate surface area is 130 Å². The molecule has 110 valence electrons. The maximum atomic E-state index is 12.1. The number of anilines is 1. The minimum Gasteiger partial charge on any atom is -0.325 e. The number of rotatable bonds is 6. The van der Waals surface area contributed by atoms with Gasteiger partial charge >= 0.3 is 0 Å². The lowest BCUT2D eigenvalue weighted by Crippen LogP contribution is -2.15. The lowest BCUT2D eigenvalue weighted by molar-refractivity contribution is -0.116. The molecule has 0 saturated heterocycles. The van der Waals surface area contributed by atoms with Crippen LogP contribution in [0.25, 0.3) is 0 Å². The largest absolute Gasteiger partial charge is 0.325 e. The quantitative estimate of drug-likeness (QED) is 0.631. The minimum atomic E-state index is 0.00221. The number of hydrogen-bond acceptors (Lipinski definition) is 3. The van der Waals surface area contributed by atoms with Gasteiger partial charge < -0.3 is 5.32 Å². The smallest absolute Gasteiger partial charge is 0.224 e. The maximum absolute atomic E-state index is 12.1. The number of carbonyl (C=O) groups excluding carboxylic acids is 1. The average Bonchev–Trinajstić information content (AvgIpc) is 2.98. The summed E-state index contributed by atoms with van der Waals surface area (Å²) in [6, 6.07) is 10.0. The zero-order chi connectivity index (χ0) is 15.1. The van der Waals surface area contributed by atoms with Gasteiger partial charge in [-0.05, 0) is 37.8 Å². The zero-order valence-electron chi connectivity index (χ0n) is 12.2. The number of carbonyl (C=O) groups is 1. The number of nitrogens with zero attached hydrogens (tertiary/aromatic N) is 1. The van der Waals surface area contributed by atoms with Crippen molar-refractivity contribution in [3.05, 3.63) is 36.4 Å². The third-order valence-electron chi connectivity index (χ3n) is 3.43. The second-order valence-electron chi connectivity index (χ2n) is 5.36. The first-order valence-electron chi connectivity index (χ1n) is 7.27. The highest BCUT2D eigenvalue weighted by Gasteiger charge is 2.15. The van der Waals surface area contributed by atoms with Crippen LogP contribution < -0.4 is 5.32 Å². The van der Waals surface area contributed by atoms with Gasteiger partial charge in [-0.2, -0.15) is 5.26 Å². The van der Waals surface area contributed by atoms with Gasteiger partial charge in [0.25, 0.3) is 0 Å². The van der Waals surface area contributed by atoms with E-state index in [1.165, 1.54) is 0 Å². The molecule has 1 amide bonds. The molecule has 0 aromatic heterocycles. The van der Waals surface area contributed by atoms with Crippen molar-refractivity contribution in [2.45, 2.75) is 31.1 Å². The van der Waals surface area contributed by atoms with Crippen molar-refractivity contribution in [1.82, 2.24) is 0 Å². The third kappa shape index (κ3) is 4.95. The molecule has 0 heterocycles. The van der Waals surface area contributed by atoms with Crippen molar-refractivity contribution >= 4 is 23.4 Å². The van der Waals surface area contributed by atoms with Crippen LogP contribution >= 0.6 is 11.8 Å². The molecule has 21 heavy (non-hydrogen) atoms. The summed E-state index contributed by atoms with van der Waals surface area (Å²) in [5, 5.41) is 11.8. The lowest BCUT2D eigenvalue weighted by atomic mass is 10.1. The first-order valence-corrected chi connectivity index (χ1v) is 8.25. The number of amides is 1. The highest BCUT2D eigenvalue weighted by atomic mass is 32.2. The highest BCUT2D eigenvalue weighted by molar-refractivity contribution is 7.99. The first-order chi connectivity index (χ1) is 10.2. The number of nitrogens with one attached hydrogen (secondary N) is 1. The molecular weight excluding hydrogens is 280 g/mol. The van der Waals surface area contributed by atoms with Gasteiger partial charge in [-0.15, -0.1) is 11.8 Å². The Morgan fingerprint density at radius 2 is 2.33 bits per heavy atom. The summed E-state index contributed by atoms with van der Waals surface area (Å²) in [4.78, 5) is 13.1. The van der Waals surface area contributed by atoms with Crippen LogP contribution in [0, 0.1) is 23.2 Å². The Hall–Kier alpha value is -1.73. The molecule has 0 bridgehead atoms. The second-order valence-corrected chi connectivity index (χ2v) is 6.42. The van der Waals surface area contributed by atoms with Crippen LogP contribution in [-0.2, 0) is 4.79 Å². The lowest BCUT2D eigenvalue weighted by Gasteiger charge is -2.12. The molecule has 1 N–H and O–H groups in total. The summed E-state index contributed by atoms with van der Waals surface area (Å²) in [6.07, 6.45) is 6.98. The standard InChI is InChI=1S/C17H20N2OS/c1-13(11-18)12-21-16-9-5-4-8-15(16)19-17(20)10-14-6-2-3-7-14/h2,4-6,8-9,13-14H,3,7,10,12H2,1H3,(H,19,20)/t13-,14+/m1/s1. The number of benzene rings is 1. The molecule has 0 spiro atoms. The second kappa shape index (κ2) is 7.90. The molecule has 0 fully saturated rings. The van der Waals surface area contributed by atoms with E-state index in [2.05, 4.69) is 23.5 Å². The van der Waals surface area contributed by atoms with Gasteiger partial charge in [0.05, 0.1) is 17.7 Å². The van der Waals surface area contributed by atoms with Gasteiger partial charge in [0.15, 0.2) is 0 Å². The average molecular weight is 300 g/mol. The van der Waals surface area contributed by atoms with Crippen LogP contribution in [0.4, 0.5) is 5.69 Å². The molecule has 0 unspecified atom stereocenters. The Balaban J connectivity index is 1.94. The predicted molar refractivity (Wildman–Crippen MR) is 87.1 cm³/mol. The SMILES string of the molecule is C[C@H](C#N)CSc1ccccc1NC(=O)C[C@H]1C=CCC1. The molecule has 0 saturated carbocycles. The van der Waals surface area contributed by atoms with Gasteiger partial charge in [0, 0.05) is 17.1 Å². The van der Waals surface area contributed by atoms with Crippen LogP contribution in [0.3, 0.4) is 0 Å². The molecule has 1 aliphatic carbocycles. The van der Waals surface area contributed by atoms with E-state index in [-0.39, 0.29) is 11.8 Å². The van der Waals surface area contributed by atoms with Crippen LogP contribution in [0.15, 0.2) is 41.3 Å². The van der Waals surface area contributed by atoms with Crippen LogP contribution in [0.5, 0.6) is 0 Å². The van der Waals surface area contributed by atoms with Gasteiger partial charge in [-0.1, -0.05) is 24.3 Å². The van der Waals surface area contributed by atoms with Crippen molar-refractivity contribution in [3.63, 3.8) is 0 Å². The van der Waals surface area contributed by atoms with E-state index in [9.17, 15) is 4.79 Å². The third-order valence-corrected chi connectivity index (χ3v) is 4.76. The molecule has 1 aromatic rings. The summed E-state index contributed by atoms with van der Waals surface area (Å²) >= 11 is 1.61. The molecule has 1 aliphatic rings. The van der Waals surface area contributed by atoms with Crippen LogP contribution in [0.1, 0.15) is 26.2 Å². The number of thioether (sulfide) groups is 1. The Kier molecular flexibility index (Phi) is 5.89. The van der Waals surface area contributed by atoms with Crippen molar-refractivity contribution in [2.24, 2.45) is 11.8 Å². The molecule has 2 atom stereocenters. The van der Waals surface area contributed by atoms with Gasteiger partial charge in [0.1, 0.15) is 0 Å². The molecule has 3 nitrogen and oxygen atoms in total. The number of nitriles is 1. The van der Waals surface area contributed by atoms with E-state index in [0.29, 0.717) is 12.3 Å². The number of allylic oxidation sites excluding steroid dienone is 2. The summed E-state index contributed by atoms with van der Waals surface area (Å²) in [7, 11) is 0. The van der Waals surface area contributed by atoms with E-state index in [1.54, 1.807) is 11.8 Å². The Bertz CT molecular complexity index is 562. The van der Waals surface area contributed by atoms with Crippen molar-refractivity contribution < 1.29 is 4.79 Å². The van der Waals surface area contributed by atoms with Gasteiger partial charge in [-0.3, -0.25) is 4.79 Å². The first kappa shape index (κ1) is 15.7. The van der Waals surface area contributed by atoms with E-state index >= 15 is 0 Å². The topological polar surface area (TPSA) is 52.9 Å². The maximum Gasteiger partial charge on any atom is 0.224 e. The van der Waals surface area contributed by atoms with E-state index in [0.717, 1.165) is 29.2 Å². The molecule has 0 radical (unpaired) electrons. The fourth-order valence-electron chi connectivity index (χ4n) is 2.25. The van der Waals surface area contributed by atoms with Gasteiger partial charge in [0.2, 0.25) is 5.91 Å². The van der Waals surface area contributed by atoms with E-state index in [1.807, 2.05) is 31.2 Å². The summed E-state index contributed by atoms with van der Waals surface area (Å²) in [5.41, 5.74) is 0.847.